The first kappa shape index (κ1) is 19.9. The van der Waals surface area contributed by atoms with Crippen LogP contribution in [-0.4, -0.2) is 38.3 Å². The summed E-state index contributed by atoms with van der Waals surface area (Å²) in [7, 11) is 0. The highest BCUT2D eigenvalue weighted by molar-refractivity contribution is 7.99. The van der Waals surface area contributed by atoms with Crippen LogP contribution < -0.4 is 0 Å². The third kappa shape index (κ3) is 5.34. The minimum atomic E-state index is 0.0608. The smallest absolute Gasteiger partial charge is 0.233 e. The fraction of sp³-hybridized carbons (Fsp3) is 0.316. The van der Waals surface area contributed by atoms with Crippen molar-refractivity contribution in [1.29, 1.82) is 0 Å². The van der Waals surface area contributed by atoms with Crippen LogP contribution in [0, 0.1) is 0 Å². The van der Waals surface area contributed by atoms with Crippen molar-refractivity contribution in [3.8, 4) is 11.4 Å². The van der Waals surface area contributed by atoms with Gasteiger partial charge in [0, 0.05) is 17.0 Å². The Labute approximate surface area is 172 Å². The van der Waals surface area contributed by atoms with Gasteiger partial charge in [0.2, 0.25) is 11.1 Å². The SMILES string of the molecule is CCc1ccc(-c2nc(SCC(=O)N(CC)Cc3ccc(Cl)s3)n[nH]2)cc1. The maximum atomic E-state index is 12.5. The van der Waals surface area contributed by atoms with Crippen molar-refractivity contribution >= 4 is 40.6 Å². The van der Waals surface area contributed by atoms with E-state index >= 15 is 0 Å². The molecule has 1 aromatic carbocycles. The molecule has 0 bridgehead atoms. The zero-order chi connectivity index (χ0) is 19.2. The number of amides is 1. The van der Waals surface area contributed by atoms with E-state index in [-0.39, 0.29) is 5.91 Å². The second-order valence-corrected chi connectivity index (χ2v) is 8.66. The summed E-state index contributed by atoms with van der Waals surface area (Å²) >= 11 is 8.81. The molecule has 2 heterocycles. The number of aromatic nitrogens is 3. The van der Waals surface area contributed by atoms with Crippen molar-refractivity contribution in [3.05, 3.63) is 51.2 Å². The van der Waals surface area contributed by atoms with E-state index < -0.39 is 0 Å². The number of nitrogens with zero attached hydrogens (tertiary/aromatic N) is 3. The molecule has 0 unspecified atom stereocenters. The van der Waals surface area contributed by atoms with Gasteiger partial charge in [0.15, 0.2) is 5.82 Å². The number of rotatable bonds is 8. The van der Waals surface area contributed by atoms with Crippen molar-refractivity contribution in [2.45, 2.75) is 32.0 Å². The Morgan fingerprint density at radius 3 is 2.63 bits per heavy atom. The van der Waals surface area contributed by atoms with E-state index in [1.54, 1.807) is 0 Å². The Morgan fingerprint density at radius 2 is 2.00 bits per heavy atom. The number of hydrogen-bond donors (Lipinski definition) is 1. The molecule has 5 nitrogen and oxygen atoms in total. The molecule has 0 aliphatic rings. The van der Waals surface area contributed by atoms with Gasteiger partial charge < -0.3 is 4.90 Å². The number of benzene rings is 1. The largest absolute Gasteiger partial charge is 0.337 e. The van der Waals surface area contributed by atoms with Crippen molar-refractivity contribution in [3.63, 3.8) is 0 Å². The van der Waals surface area contributed by atoms with Gasteiger partial charge in [-0.25, -0.2) is 4.98 Å². The summed E-state index contributed by atoms with van der Waals surface area (Å²) in [5.74, 6) is 1.08. The minimum Gasteiger partial charge on any atom is -0.337 e. The average Bonchev–Trinajstić information content (AvgIpc) is 3.33. The molecule has 0 aliphatic heterocycles. The number of hydrogen-bond acceptors (Lipinski definition) is 5. The summed E-state index contributed by atoms with van der Waals surface area (Å²) in [4.78, 5) is 19.9. The predicted molar refractivity (Wildman–Crippen MR) is 112 cm³/mol. The molecule has 2 aromatic heterocycles. The van der Waals surface area contributed by atoms with Gasteiger partial charge in [-0.2, -0.15) is 0 Å². The summed E-state index contributed by atoms with van der Waals surface area (Å²) in [6.07, 6.45) is 1.01. The topological polar surface area (TPSA) is 61.9 Å². The van der Waals surface area contributed by atoms with Crippen molar-refractivity contribution in [1.82, 2.24) is 20.1 Å². The zero-order valence-electron chi connectivity index (χ0n) is 15.2. The number of carbonyl (C=O) groups excluding carboxylic acids is 1. The Hall–Kier alpha value is -1.83. The molecule has 0 saturated carbocycles. The molecule has 3 rings (SSSR count). The summed E-state index contributed by atoms with van der Waals surface area (Å²) in [5, 5.41) is 7.75. The van der Waals surface area contributed by atoms with Crippen LogP contribution in [-0.2, 0) is 17.8 Å². The average molecular weight is 421 g/mol. The van der Waals surface area contributed by atoms with Crippen molar-refractivity contribution < 1.29 is 4.79 Å². The lowest BCUT2D eigenvalue weighted by Gasteiger charge is -2.19. The second kappa shape index (κ2) is 9.39. The number of halogens is 1. The molecule has 0 aliphatic carbocycles. The zero-order valence-corrected chi connectivity index (χ0v) is 17.6. The lowest BCUT2D eigenvalue weighted by Crippen LogP contribution is -2.31. The first-order valence-corrected chi connectivity index (χ1v) is 10.9. The van der Waals surface area contributed by atoms with Crippen molar-refractivity contribution in [2.75, 3.05) is 12.3 Å². The van der Waals surface area contributed by atoms with E-state index in [4.69, 9.17) is 11.6 Å². The molecule has 0 radical (unpaired) electrons. The monoisotopic (exact) mass is 420 g/mol. The van der Waals surface area contributed by atoms with Crippen LogP contribution >= 0.6 is 34.7 Å². The molecular formula is C19H21ClN4OS2. The molecule has 1 N–H and O–H groups in total. The Bertz CT molecular complexity index is 891. The van der Waals surface area contributed by atoms with E-state index in [1.807, 2.05) is 36.1 Å². The van der Waals surface area contributed by atoms with Gasteiger partial charge in [-0.1, -0.05) is 54.6 Å². The number of thiophene rings is 1. The number of aryl methyl sites for hydroxylation is 1. The van der Waals surface area contributed by atoms with Gasteiger partial charge in [0.05, 0.1) is 16.6 Å². The number of aromatic amines is 1. The van der Waals surface area contributed by atoms with Crippen molar-refractivity contribution in [2.24, 2.45) is 0 Å². The Balaban J connectivity index is 1.57. The van der Waals surface area contributed by atoms with E-state index in [0.29, 0.717) is 29.8 Å². The van der Waals surface area contributed by atoms with Crippen LogP contribution in [0.3, 0.4) is 0 Å². The fourth-order valence-corrected chi connectivity index (χ4v) is 4.36. The summed E-state index contributed by atoms with van der Waals surface area (Å²) in [6.45, 7) is 5.33. The lowest BCUT2D eigenvalue weighted by molar-refractivity contribution is -0.128. The van der Waals surface area contributed by atoms with E-state index in [1.165, 1.54) is 28.7 Å². The number of nitrogens with one attached hydrogen (secondary N) is 1. The standard InChI is InChI=1S/C19H21ClN4OS2/c1-3-13-5-7-14(8-6-13)18-21-19(23-22-18)26-12-17(25)24(4-2)11-15-9-10-16(20)27-15/h5-10H,3-4,11-12H2,1-2H3,(H,21,22,23). The maximum absolute atomic E-state index is 12.5. The predicted octanol–water partition coefficient (Wildman–Crippen LogP) is 4.89. The normalized spacial score (nSPS) is 10.9. The third-order valence-corrected chi connectivity index (χ3v) is 6.18. The van der Waals surface area contributed by atoms with E-state index in [0.717, 1.165) is 21.2 Å². The summed E-state index contributed by atoms with van der Waals surface area (Å²) in [5.41, 5.74) is 2.27. The lowest BCUT2D eigenvalue weighted by atomic mass is 10.1. The Morgan fingerprint density at radius 1 is 1.22 bits per heavy atom. The molecule has 1 amide bonds. The highest BCUT2D eigenvalue weighted by atomic mass is 35.5. The highest BCUT2D eigenvalue weighted by Gasteiger charge is 2.15. The van der Waals surface area contributed by atoms with Crippen LogP contribution in [0.4, 0.5) is 0 Å². The Kier molecular flexibility index (Phi) is 6.93. The van der Waals surface area contributed by atoms with Gasteiger partial charge in [-0.3, -0.25) is 9.89 Å². The molecule has 0 spiro atoms. The van der Waals surface area contributed by atoms with Gasteiger partial charge in [-0.15, -0.1) is 16.4 Å². The molecule has 0 atom stereocenters. The van der Waals surface area contributed by atoms with Crippen LogP contribution in [0.25, 0.3) is 11.4 Å². The quantitative estimate of drug-likeness (QED) is 0.527. The third-order valence-electron chi connectivity index (χ3n) is 4.14. The fourth-order valence-electron chi connectivity index (χ4n) is 2.56. The van der Waals surface area contributed by atoms with Gasteiger partial charge in [0.25, 0.3) is 0 Å². The molecule has 27 heavy (non-hydrogen) atoms. The van der Waals surface area contributed by atoms with Crippen LogP contribution in [0.1, 0.15) is 24.3 Å². The van der Waals surface area contributed by atoms with Crippen LogP contribution in [0.15, 0.2) is 41.6 Å². The minimum absolute atomic E-state index is 0.0608. The number of H-pyrrole nitrogens is 1. The molecule has 0 fully saturated rings. The first-order chi connectivity index (χ1) is 13.1. The van der Waals surface area contributed by atoms with Gasteiger partial charge in [0.1, 0.15) is 0 Å². The molecule has 142 valence electrons. The number of thioether (sulfide) groups is 1. The van der Waals surface area contributed by atoms with Gasteiger partial charge in [-0.05, 0) is 31.0 Å². The van der Waals surface area contributed by atoms with E-state index in [9.17, 15) is 4.79 Å². The molecular weight excluding hydrogens is 400 g/mol. The summed E-state index contributed by atoms with van der Waals surface area (Å²) < 4.78 is 0.739. The maximum Gasteiger partial charge on any atom is 0.233 e. The number of carbonyl (C=O) groups is 1. The van der Waals surface area contributed by atoms with Gasteiger partial charge >= 0.3 is 0 Å². The summed E-state index contributed by atoms with van der Waals surface area (Å²) in [6, 6.07) is 12.1. The molecule has 0 saturated heterocycles. The van der Waals surface area contributed by atoms with E-state index in [2.05, 4.69) is 34.2 Å². The van der Waals surface area contributed by atoms with Crippen LogP contribution in [0.2, 0.25) is 4.34 Å². The highest BCUT2D eigenvalue weighted by Crippen LogP contribution is 2.24. The molecule has 8 heteroatoms. The van der Waals surface area contributed by atoms with Crippen LogP contribution in [0.5, 0.6) is 0 Å². The first-order valence-electron chi connectivity index (χ1n) is 8.75. The molecule has 3 aromatic rings. The second-order valence-electron chi connectivity index (χ2n) is 5.92.